The van der Waals surface area contributed by atoms with Crippen LogP contribution in [0.2, 0.25) is 0 Å². The summed E-state index contributed by atoms with van der Waals surface area (Å²) in [5.74, 6) is 3.62. The fraction of sp³-hybridized carbons (Fsp3) is 0.526. The molecule has 1 heterocycles. The van der Waals surface area contributed by atoms with E-state index in [1.165, 1.54) is 19.2 Å². The van der Waals surface area contributed by atoms with E-state index >= 15 is 0 Å². The summed E-state index contributed by atoms with van der Waals surface area (Å²) in [4.78, 5) is 15.5. The highest BCUT2D eigenvalue weighted by atomic mass is 16.5. The van der Waals surface area contributed by atoms with E-state index in [9.17, 15) is 0 Å². The predicted octanol–water partition coefficient (Wildman–Crippen LogP) is 3.27. The lowest BCUT2D eigenvalue weighted by atomic mass is 10.2. The van der Waals surface area contributed by atoms with Gasteiger partial charge in [0.25, 0.3) is 0 Å². The van der Waals surface area contributed by atoms with Gasteiger partial charge in [0.2, 0.25) is 17.6 Å². The first-order valence-corrected chi connectivity index (χ1v) is 9.19. The van der Waals surface area contributed by atoms with Crippen molar-refractivity contribution in [2.24, 2.45) is 5.92 Å². The molecule has 0 bridgehead atoms. The molecule has 1 aromatic heterocycles. The minimum Gasteiger partial charge on any atom is -0.493 e. The molecule has 8 heteroatoms. The summed E-state index contributed by atoms with van der Waals surface area (Å²) in [5.41, 5.74) is 0.742. The molecule has 1 aromatic carbocycles. The van der Waals surface area contributed by atoms with Crippen LogP contribution >= 0.6 is 0 Å². The zero-order valence-corrected chi connectivity index (χ0v) is 16.4. The van der Waals surface area contributed by atoms with Crippen LogP contribution in [-0.2, 0) is 0 Å². The van der Waals surface area contributed by atoms with Crippen LogP contribution in [0.4, 0.5) is 17.6 Å². The normalized spacial score (nSPS) is 13.2. The number of nitrogens with one attached hydrogen (secondary N) is 1. The summed E-state index contributed by atoms with van der Waals surface area (Å²) in [5, 5.41) is 3.21. The first kappa shape index (κ1) is 19.0. The Balaban J connectivity index is 1.83. The second-order valence-corrected chi connectivity index (χ2v) is 6.54. The maximum atomic E-state index is 5.40. The van der Waals surface area contributed by atoms with E-state index in [1.807, 2.05) is 12.1 Å². The van der Waals surface area contributed by atoms with Gasteiger partial charge in [-0.1, -0.05) is 6.92 Å². The third-order valence-electron chi connectivity index (χ3n) is 4.43. The molecule has 1 aliphatic carbocycles. The molecule has 3 rings (SSSR count). The van der Waals surface area contributed by atoms with Gasteiger partial charge in [0, 0.05) is 30.9 Å². The maximum absolute atomic E-state index is 5.40. The van der Waals surface area contributed by atoms with Gasteiger partial charge in [-0.3, -0.25) is 0 Å². The molecule has 0 saturated heterocycles. The molecule has 0 spiro atoms. The third kappa shape index (κ3) is 4.69. The molecule has 1 fully saturated rings. The van der Waals surface area contributed by atoms with E-state index in [0.717, 1.165) is 31.1 Å². The number of nitrogens with zero attached hydrogens (tertiary/aromatic N) is 4. The Kier molecular flexibility index (Phi) is 6.16. The Bertz CT molecular complexity index is 742. The number of ether oxygens (including phenoxy) is 3. The minimum absolute atomic E-state index is 0.478. The van der Waals surface area contributed by atoms with Crippen LogP contribution in [0.5, 0.6) is 17.2 Å². The van der Waals surface area contributed by atoms with Gasteiger partial charge in [-0.05, 0) is 25.2 Å². The molecule has 2 aromatic rings. The van der Waals surface area contributed by atoms with E-state index in [-0.39, 0.29) is 0 Å². The average molecular weight is 373 g/mol. The number of hydrogen-bond donors (Lipinski definition) is 1. The number of anilines is 3. The molecular formula is C19H27N5O3. The number of aromatic nitrogens is 3. The smallest absolute Gasteiger partial charge is 0.232 e. The Morgan fingerprint density at radius 2 is 1.78 bits per heavy atom. The minimum atomic E-state index is 0.478. The highest BCUT2D eigenvalue weighted by molar-refractivity contribution is 5.65. The molecule has 0 atom stereocenters. The van der Waals surface area contributed by atoms with Crippen molar-refractivity contribution in [1.82, 2.24) is 15.0 Å². The Morgan fingerprint density at radius 3 is 2.33 bits per heavy atom. The number of rotatable bonds is 10. The predicted molar refractivity (Wildman–Crippen MR) is 104 cm³/mol. The highest BCUT2D eigenvalue weighted by Gasteiger charge is 2.25. The standard InChI is InChI=1S/C19H27N5O3/c1-5-8-24(11-13-6-7-13)19-21-12-20-18(23-19)22-14-9-15(25-2)17(27-4)16(10-14)26-3/h9-10,12-13H,5-8,11H2,1-4H3,(H,20,21,22,23). The summed E-state index contributed by atoms with van der Waals surface area (Å²) in [6, 6.07) is 3.64. The lowest BCUT2D eigenvalue weighted by molar-refractivity contribution is 0.324. The van der Waals surface area contributed by atoms with E-state index < -0.39 is 0 Å². The summed E-state index contributed by atoms with van der Waals surface area (Å²) in [6.07, 6.45) is 5.18. The molecule has 8 nitrogen and oxygen atoms in total. The van der Waals surface area contributed by atoms with Gasteiger partial charge in [0.1, 0.15) is 6.33 Å². The van der Waals surface area contributed by atoms with Gasteiger partial charge in [-0.25, -0.2) is 9.97 Å². The second-order valence-electron chi connectivity index (χ2n) is 6.54. The van der Waals surface area contributed by atoms with Gasteiger partial charge < -0.3 is 24.4 Å². The van der Waals surface area contributed by atoms with E-state index in [0.29, 0.717) is 29.1 Å². The summed E-state index contributed by atoms with van der Waals surface area (Å²) in [6.45, 7) is 4.10. The molecule has 1 saturated carbocycles. The van der Waals surface area contributed by atoms with E-state index in [2.05, 4.69) is 32.1 Å². The van der Waals surface area contributed by atoms with Crippen LogP contribution < -0.4 is 24.4 Å². The van der Waals surface area contributed by atoms with Gasteiger partial charge in [-0.2, -0.15) is 4.98 Å². The monoisotopic (exact) mass is 373 g/mol. The van der Waals surface area contributed by atoms with Crippen molar-refractivity contribution in [3.05, 3.63) is 18.5 Å². The van der Waals surface area contributed by atoms with Crippen molar-refractivity contribution in [3.63, 3.8) is 0 Å². The average Bonchev–Trinajstić information content (AvgIpc) is 3.51. The molecule has 1 aliphatic rings. The third-order valence-corrected chi connectivity index (χ3v) is 4.43. The van der Waals surface area contributed by atoms with Crippen molar-refractivity contribution in [1.29, 1.82) is 0 Å². The van der Waals surface area contributed by atoms with Gasteiger partial charge in [0.05, 0.1) is 21.3 Å². The van der Waals surface area contributed by atoms with Crippen LogP contribution in [0.15, 0.2) is 18.5 Å². The lowest BCUT2D eigenvalue weighted by Gasteiger charge is -2.22. The molecule has 0 radical (unpaired) electrons. The van der Waals surface area contributed by atoms with Crippen molar-refractivity contribution < 1.29 is 14.2 Å². The maximum Gasteiger partial charge on any atom is 0.232 e. The van der Waals surface area contributed by atoms with Crippen LogP contribution in [0.25, 0.3) is 0 Å². The van der Waals surface area contributed by atoms with Crippen LogP contribution in [0.1, 0.15) is 26.2 Å². The molecule has 0 amide bonds. The molecule has 27 heavy (non-hydrogen) atoms. The van der Waals surface area contributed by atoms with Crippen molar-refractivity contribution >= 4 is 17.6 Å². The zero-order valence-electron chi connectivity index (χ0n) is 16.4. The fourth-order valence-corrected chi connectivity index (χ4v) is 2.94. The van der Waals surface area contributed by atoms with Gasteiger partial charge >= 0.3 is 0 Å². The number of methoxy groups -OCH3 is 3. The number of benzene rings is 1. The Hall–Kier alpha value is -2.77. The second kappa shape index (κ2) is 8.75. The van der Waals surface area contributed by atoms with Crippen molar-refractivity contribution in [2.45, 2.75) is 26.2 Å². The van der Waals surface area contributed by atoms with E-state index in [4.69, 9.17) is 14.2 Å². The summed E-state index contributed by atoms with van der Waals surface area (Å²) in [7, 11) is 4.75. The van der Waals surface area contributed by atoms with Gasteiger partial charge in [-0.15, -0.1) is 0 Å². The quantitative estimate of drug-likeness (QED) is 0.680. The number of hydrogen-bond acceptors (Lipinski definition) is 8. The fourth-order valence-electron chi connectivity index (χ4n) is 2.94. The first-order valence-electron chi connectivity index (χ1n) is 9.19. The molecule has 0 aliphatic heterocycles. The Labute approximate surface area is 159 Å². The zero-order chi connectivity index (χ0) is 19.2. The largest absolute Gasteiger partial charge is 0.493 e. The van der Waals surface area contributed by atoms with E-state index in [1.54, 1.807) is 21.3 Å². The molecule has 146 valence electrons. The van der Waals surface area contributed by atoms with Crippen molar-refractivity contribution in [3.8, 4) is 17.2 Å². The lowest BCUT2D eigenvalue weighted by Crippen LogP contribution is -2.28. The van der Waals surface area contributed by atoms with Crippen LogP contribution in [0.3, 0.4) is 0 Å². The first-order chi connectivity index (χ1) is 13.2. The molecular weight excluding hydrogens is 346 g/mol. The highest BCUT2D eigenvalue weighted by Crippen LogP contribution is 2.40. The van der Waals surface area contributed by atoms with Crippen molar-refractivity contribution in [2.75, 3.05) is 44.6 Å². The topological polar surface area (TPSA) is 81.6 Å². The van der Waals surface area contributed by atoms with Gasteiger partial charge in [0.15, 0.2) is 11.5 Å². The molecule has 1 N–H and O–H groups in total. The molecule has 0 unspecified atom stereocenters. The SMILES string of the molecule is CCCN(CC1CC1)c1ncnc(Nc2cc(OC)c(OC)c(OC)c2)n1. The summed E-state index contributed by atoms with van der Waals surface area (Å²) < 4.78 is 16.1. The van der Waals surface area contributed by atoms with Crippen LogP contribution in [0, 0.1) is 5.92 Å². The summed E-state index contributed by atoms with van der Waals surface area (Å²) >= 11 is 0. The Morgan fingerprint density at radius 1 is 1.07 bits per heavy atom. The van der Waals surface area contributed by atoms with Crippen LogP contribution in [-0.4, -0.2) is 49.4 Å².